The molecule has 0 heterocycles. The van der Waals surface area contributed by atoms with Crippen LogP contribution in [0, 0.1) is 0 Å². The van der Waals surface area contributed by atoms with Crippen LogP contribution >= 0.6 is 0 Å². The Morgan fingerprint density at radius 3 is 2.80 bits per heavy atom. The van der Waals surface area contributed by atoms with E-state index in [0.29, 0.717) is 18.1 Å². The van der Waals surface area contributed by atoms with Crippen molar-refractivity contribution in [1.29, 1.82) is 0 Å². The van der Waals surface area contributed by atoms with Crippen molar-refractivity contribution >= 4 is 16.5 Å². The van der Waals surface area contributed by atoms with Crippen LogP contribution in [0.25, 0.3) is 0 Å². The first-order chi connectivity index (χ1) is 7.24. The molecule has 0 aliphatic rings. The van der Waals surface area contributed by atoms with Crippen molar-refractivity contribution in [2.24, 2.45) is 0 Å². The van der Waals surface area contributed by atoms with Gasteiger partial charge in [-0.25, -0.2) is 0 Å². The van der Waals surface area contributed by atoms with Crippen LogP contribution in [0.1, 0.15) is 12.0 Å². The van der Waals surface area contributed by atoms with E-state index in [1.165, 1.54) is 0 Å². The highest BCUT2D eigenvalue weighted by Crippen LogP contribution is 2.12. The van der Waals surface area contributed by atoms with Crippen LogP contribution in [0.2, 0.25) is 0 Å². The predicted octanol–water partition coefficient (Wildman–Crippen LogP) is 1.55. The fourth-order valence-corrected chi connectivity index (χ4v) is 2.47. The van der Waals surface area contributed by atoms with Gasteiger partial charge in [-0.15, -0.1) is 0 Å². The van der Waals surface area contributed by atoms with Gasteiger partial charge in [-0.1, -0.05) is 18.2 Å². The number of rotatable bonds is 6. The summed E-state index contributed by atoms with van der Waals surface area (Å²) in [4.78, 5) is 0. The van der Waals surface area contributed by atoms with Crippen LogP contribution in [-0.2, 0) is 21.3 Å². The monoisotopic (exact) mass is 227 g/mol. The van der Waals surface area contributed by atoms with E-state index < -0.39 is 10.8 Å². The standard InChI is InChI=1S/C11H17NO2S/c1-14-7-4-8-15(13)9-10-5-2-3-6-11(10)12/h2-3,5-6H,4,7-9,12H2,1H3. The molecule has 2 N–H and O–H groups in total. The molecule has 0 spiro atoms. The first kappa shape index (κ1) is 12.2. The van der Waals surface area contributed by atoms with Gasteiger partial charge in [0.15, 0.2) is 0 Å². The number of nitrogen functional groups attached to an aromatic ring is 1. The summed E-state index contributed by atoms with van der Waals surface area (Å²) >= 11 is 0. The molecule has 0 amide bonds. The van der Waals surface area contributed by atoms with Crippen molar-refractivity contribution in [3.63, 3.8) is 0 Å². The van der Waals surface area contributed by atoms with Gasteiger partial charge in [-0.05, 0) is 18.1 Å². The molecule has 1 rings (SSSR count). The normalized spacial score (nSPS) is 12.6. The number of methoxy groups -OCH3 is 1. The molecule has 0 fully saturated rings. The van der Waals surface area contributed by atoms with Crippen molar-refractivity contribution in [2.75, 3.05) is 25.2 Å². The Kier molecular flexibility index (Phi) is 5.36. The van der Waals surface area contributed by atoms with Gasteiger partial charge in [0.05, 0.1) is 5.75 Å². The van der Waals surface area contributed by atoms with Crippen LogP contribution in [-0.4, -0.2) is 23.7 Å². The number of hydrogen-bond acceptors (Lipinski definition) is 3. The number of para-hydroxylation sites is 1. The minimum Gasteiger partial charge on any atom is -0.398 e. The fourth-order valence-electron chi connectivity index (χ4n) is 1.28. The second kappa shape index (κ2) is 6.58. The summed E-state index contributed by atoms with van der Waals surface area (Å²) in [5.74, 6) is 1.21. The summed E-state index contributed by atoms with van der Waals surface area (Å²) in [5, 5.41) is 0. The third-order valence-electron chi connectivity index (χ3n) is 2.09. The van der Waals surface area contributed by atoms with Crippen molar-refractivity contribution in [2.45, 2.75) is 12.2 Å². The minimum absolute atomic E-state index is 0.538. The van der Waals surface area contributed by atoms with E-state index in [1.807, 2.05) is 24.3 Å². The number of hydrogen-bond donors (Lipinski definition) is 1. The Hall–Kier alpha value is -0.870. The molecular formula is C11H17NO2S. The van der Waals surface area contributed by atoms with E-state index in [0.717, 1.165) is 17.7 Å². The van der Waals surface area contributed by atoms with E-state index in [4.69, 9.17) is 10.5 Å². The largest absolute Gasteiger partial charge is 0.398 e. The highest BCUT2D eigenvalue weighted by atomic mass is 32.2. The number of nitrogens with two attached hydrogens (primary N) is 1. The van der Waals surface area contributed by atoms with E-state index in [1.54, 1.807) is 7.11 Å². The summed E-state index contributed by atoms with van der Waals surface area (Å²) in [6, 6.07) is 7.55. The molecule has 15 heavy (non-hydrogen) atoms. The first-order valence-corrected chi connectivity index (χ1v) is 6.40. The quantitative estimate of drug-likeness (QED) is 0.592. The van der Waals surface area contributed by atoms with Gasteiger partial charge in [0.1, 0.15) is 0 Å². The Morgan fingerprint density at radius 1 is 1.40 bits per heavy atom. The molecular weight excluding hydrogens is 210 g/mol. The van der Waals surface area contributed by atoms with Gasteiger partial charge in [-0.3, -0.25) is 4.21 Å². The zero-order chi connectivity index (χ0) is 11.1. The molecule has 0 bridgehead atoms. The molecule has 0 saturated heterocycles. The summed E-state index contributed by atoms with van der Waals surface area (Å²) in [5.41, 5.74) is 7.45. The second-order valence-electron chi connectivity index (χ2n) is 3.33. The molecule has 0 radical (unpaired) electrons. The fraction of sp³-hybridized carbons (Fsp3) is 0.455. The lowest BCUT2D eigenvalue weighted by Crippen LogP contribution is -2.05. The van der Waals surface area contributed by atoms with E-state index in [9.17, 15) is 4.21 Å². The van der Waals surface area contributed by atoms with Crippen molar-refractivity contribution < 1.29 is 8.95 Å². The molecule has 84 valence electrons. The minimum atomic E-state index is -0.843. The number of benzene rings is 1. The maximum atomic E-state index is 11.6. The maximum Gasteiger partial charge on any atom is 0.0505 e. The van der Waals surface area contributed by atoms with Gasteiger partial charge in [0.25, 0.3) is 0 Å². The van der Waals surface area contributed by atoms with Crippen molar-refractivity contribution in [3.8, 4) is 0 Å². The lowest BCUT2D eigenvalue weighted by atomic mass is 10.2. The molecule has 4 heteroatoms. The van der Waals surface area contributed by atoms with E-state index >= 15 is 0 Å². The third kappa shape index (κ3) is 4.44. The smallest absolute Gasteiger partial charge is 0.0505 e. The Balaban J connectivity index is 2.41. The average Bonchev–Trinajstić information content (AvgIpc) is 2.22. The SMILES string of the molecule is COCCCS(=O)Cc1ccccc1N. The van der Waals surface area contributed by atoms with Crippen molar-refractivity contribution in [1.82, 2.24) is 0 Å². The zero-order valence-electron chi connectivity index (χ0n) is 8.94. The van der Waals surface area contributed by atoms with Crippen LogP contribution in [0.3, 0.4) is 0 Å². The molecule has 0 saturated carbocycles. The summed E-state index contributed by atoms with van der Waals surface area (Å²) in [7, 11) is 0.808. The van der Waals surface area contributed by atoms with Crippen LogP contribution < -0.4 is 5.73 Å². The lowest BCUT2D eigenvalue weighted by Gasteiger charge is -2.05. The Morgan fingerprint density at radius 2 is 2.13 bits per heavy atom. The maximum absolute atomic E-state index is 11.6. The summed E-state index contributed by atoms with van der Waals surface area (Å²) in [6.07, 6.45) is 0.829. The van der Waals surface area contributed by atoms with Crippen molar-refractivity contribution in [3.05, 3.63) is 29.8 Å². The van der Waals surface area contributed by atoms with E-state index in [2.05, 4.69) is 0 Å². The molecule has 0 aliphatic heterocycles. The second-order valence-corrected chi connectivity index (χ2v) is 4.91. The van der Waals surface area contributed by atoms with Gasteiger partial charge in [-0.2, -0.15) is 0 Å². The predicted molar refractivity (Wildman–Crippen MR) is 64.1 cm³/mol. The van der Waals surface area contributed by atoms with Crippen LogP contribution in [0.4, 0.5) is 5.69 Å². The lowest BCUT2D eigenvalue weighted by molar-refractivity contribution is 0.200. The summed E-state index contributed by atoms with van der Waals surface area (Å²) in [6.45, 7) is 0.663. The highest BCUT2D eigenvalue weighted by molar-refractivity contribution is 7.84. The van der Waals surface area contributed by atoms with E-state index in [-0.39, 0.29) is 0 Å². The molecule has 0 aromatic heterocycles. The average molecular weight is 227 g/mol. The third-order valence-corrected chi connectivity index (χ3v) is 3.47. The molecule has 1 aromatic carbocycles. The Bertz CT molecular complexity index is 328. The zero-order valence-corrected chi connectivity index (χ0v) is 9.76. The molecule has 3 nitrogen and oxygen atoms in total. The number of ether oxygens (including phenoxy) is 1. The van der Waals surface area contributed by atoms with Gasteiger partial charge < -0.3 is 10.5 Å². The molecule has 1 atom stereocenters. The molecule has 0 aliphatic carbocycles. The van der Waals surface area contributed by atoms with Gasteiger partial charge in [0.2, 0.25) is 0 Å². The van der Waals surface area contributed by atoms with Gasteiger partial charge in [0, 0.05) is 36.0 Å². The molecule has 1 unspecified atom stereocenters. The number of anilines is 1. The van der Waals surface area contributed by atoms with Crippen LogP contribution in [0.15, 0.2) is 24.3 Å². The summed E-state index contributed by atoms with van der Waals surface area (Å²) < 4.78 is 16.5. The van der Waals surface area contributed by atoms with Gasteiger partial charge >= 0.3 is 0 Å². The highest BCUT2D eigenvalue weighted by Gasteiger charge is 2.04. The Labute approximate surface area is 93.1 Å². The first-order valence-electron chi connectivity index (χ1n) is 4.91. The molecule has 1 aromatic rings. The topological polar surface area (TPSA) is 52.3 Å². The van der Waals surface area contributed by atoms with Crippen LogP contribution in [0.5, 0.6) is 0 Å².